The molecule has 1 aliphatic rings. The molecule has 1 N–H and O–H groups in total. The fourth-order valence-corrected chi connectivity index (χ4v) is 4.20. The summed E-state index contributed by atoms with van der Waals surface area (Å²) in [7, 11) is -1.97. The van der Waals surface area contributed by atoms with E-state index in [0.717, 1.165) is 25.9 Å². The fraction of sp³-hybridized carbons (Fsp3) is 0.917. The first-order valence-electron chi connectivity index (χ1n) is 6.78. The number of rotatable bonds is 7. The minimum atomic E-state index is -3.28. The minimum Gasteiger partial charge on any atom is -0.469 e. The third kappa shape index (κ3) is 5.08. The van der Waals surface area contributed by atoms with E-state index in [9.17, 15) is 13.2 Å². The van der Waals surface area contributed by atoms with Crippen molar-refractivity contribution in [2.45, 2.75) is 38.6 Å². The highest BCUT2D eigenvalue weighted by Gasteiger charge is 2.29. The number of piperidine rings is 1. The van der Waals surface area contributed by atoms with Gasteiger partial charge in [-0.1, -0.05) is 6.92 Å². The van der Waals surface area contributed by atoms with E-state index in [1.54, 1.807) is 4.31 Å². The summed E-state index contributed by atoms with van der Waals surface area (Å²) >= 11 is 0. The van der Waals surface area contributed by atoms with Crippen LogP contribution in [0.2, 0.25) is 0 Å². The molecular weight excluding hydrogens is 268 g/mol. The Morgan fingerprint density at radius 3 is 2.53 bits per heavy atom. The predicted molar refractivity (Wildman–Crippen MR) is 73.3 cm³/mol. The maximum atomic E-state index is 12.3. The smallest absolute Gasteiger partial charge is 0.305 e. The Balaban J connectivity index is 2.54. The van der Waals surface area contributed by atoms with Crippen molar-refractivity contribution in [1.29, 1.82) is 0 Å². The first-order valence-corrected chi connectivity index (χ1v) is 8.39. The largest absolute Gasteiger partial charge is 0.469 e. The van der Waals surface area contributed by atoms with Gasteiger partial charge in [0, 0.05) is 19.0 Å². The van der Waals surface area contributed by atoms with Crippen LogP contribution < -0.4 is 5.32 Å². The van der Waals surface area contributed by atoms with Crippen molar-refractivity contribution in [1.82, 2.24) is 9.62 Å². The molecule has 112 valence electrons. The van der Waals surface area contributed by atoms with Gasteiger partial charge in [0.1, 0.15) is 0 Å². The first-order chi connectivity index (χ1) is 9.01. The van der Waals surface area contributed by atoms with Gasteiger partial charge in [-0.15, -0.1) is 0 Å². The number of hydrogen-bond donors (Lipinski definition) is 1. The lowest BCUT2D eigenvalue weighted by atomic mass is 10.1. The highest BCUT2D eigenvalue weighted by Crippen LogP contribution is 2.17. The molecule has 0 aliphatic carbocycles. The zero-order valence-electron chi connectivity index (χ0n) is 11.7. The van der Waals surface area contributed by atoms with E-state index in [4.69, 9.17) is 0 Å². The monoisotopic (exact) mass is 292 g/mol. The molecule has 1 saturated heterocycles. The van der Waals surface area contributed by atoms with Crippen molar-refractivity contribution in [3.8, 4) is 0 Å². The summed E-state index contributed by atoms with van der Waals surface area (Å²) in [6.45, 7) is 4.07. The molecule has 0 unspecified atom stereocenters. The second-order valence-electron chi connectivity index (χ2n) is 4.68. The Morgan fingerprint density at radius 1 is 1.37 bits per heavy atom. The van der Waals surface area contributed by atoms with Crippen molar-refractivity contribution >= 4 is 16.0 Å². The van der Waals surface area contributed by atoms with Crippen LogP contribution in [0.25, 0.3) is 0 Å². The van der Waals surface area contributed by atoms with Crippen LogP contribution in [0.1, 0.15) is 32.6 Å². The van der Waals surface area contributed by atoms with Crippen molar-refractivity contribution in [3.05, 3.63) is 0 Å². The zero-order valence-corrected chi connectivity index (χ0v) is 12.5. The topological polar surface area (TPSA) is 75.7 Å². The number of carbonyl (C=O) groups is 1. The molecule has 0 aromatic carbocycles. The molecule has 0 amide bonds. The van der Waals surface area contributed by atoms with Crippen LogP contribution in [0.15, 0.2) is 0 Å². The van der Waals surface area contributed by atoms with Gasteiger partial charge in [0.25, 0.3) is 0 Å². The Morgan fingerprint density at radius 2 is 2.00 bits per heavy atom. The molecule has 0 bridgehead atoms. The van der Waals surface area contributed by atoms with Gasteiger partial charge in [-0.05, 0) is 32.4 Å². The number of hydrogen-bond acceptors (Lipinski definition) is 5. The van der Waals surface area contributed by atoms with Gasteiger partial charge >= 0.3 is 5.97 Å². The standard InChI is InChI=1S/C12H24N2O4S/c1-3-14(11-6-8-13-9-7-11)19(16,17)10-4-5-12(15)18-2/h11,13H,3-10H2,1-2H3. The van der Waals surface area contributed by atoms with Gasteiger partial charge < -0.3 is 10.1 Å². The summed E-state index contributed by atoms with van der Waals surface area (Å²) in [6.07, 6.45) is 2.17. The molecule has 19 heavy (non-hydrogen) atoms. The van der Waals surface area contributed by atoms with E-state index in [2.05, 4.69) is 10.1 Å². The zero-order chi connectivity index (χ0) is 14.3. The highest BCUT2D eigenvalue weighted by molar-refractivity contribution is 7.89. The molecule has 6 nitrogen and oxygen atoms in total. The highest BCUT2D eigenvalue weighted by atomic mass is 32.2. The molecule has 0 atom stereocenters. The van der Waals surface area contributed by atoms with Gasteiger partial charge in [0.05, 0.1) is 12.9 Å². The quantitative estimate of drug-likeness (QED) is 0.685. The van der Waals surface area contributed by atoms with Gasteiger partial charge in [-0.3, -0.25) is 4.79 Å². The van der Waals surface area contributed by atoms with Crippen molar-refractivity contribution in [3.63, 3.8) is 0 Å². The maximum absolute atomic E-state index is 12.3. The number of esters is 1. The normalized spacial score (nSPS) is 17.6. The van der Waals surface area contributed by atoms with Crippen LogP contribution in [0, 0.1) is 0 Å². The van der Waals surface area contributed by atoms with E-state index < -0.39 is 10.0 Å². The van der Waals surface area contributed by atoms with E-state index >= 15 is 0 Å². The summed E-state index contributed by atoms with van der Waals surface area (Å²) in [5, 5.41) is 3.23. The number of carbonyl (C=O) groups excluding carboxylic acids is 1. The summed E-state index contributed by atoms with van der Waals surface area (Å²) in [5.41, 5.74) is 0. The third-order valence-electron chi connectivity index (χ3n) is 3.40. The summed E-state index contributed by atoms with van der Waals surface area (Å²) in [5.74, 6) is -0.347. The van der Waals surface area contributed by atoms with Crippen LogP contribution in [-0.4, -0.2) is 57.2 Å². The van der Waals surface area contributed by atoms with Gasteiger partial charge in [-0.25, -0.2) is 8.42 Å². The Kier molecular flexibility index (Phi) is 6.74. The molecule has 1 rings (SSSR count). The molecule has 1 fully saturated rings. The second kappa shape index (κ2) is 7.81. The average molecular weight is 292 g/mol. The van der Waals surface area contributed by atoms with Crippen LogP contribution >= 0.6 is 0 Å². The molecule has 0 spiro atoms. The molecule has 0 radical (unpaired) electrons. The number of methoxy groups -OCH3 is 1. The number of ether oxygens (including phenoxy) is 1. The molecule has 0 aromatic heterocycles. The number of sulfonamides is 1. The molecule has 1 aliphatic heterocycles. The summed E-state index contributed by atoms with van der Waals surface area (Å²) in [6, 6.07) is 0.0920. The third-order valence-corrected chi connectivity index (χ3v) is 5.47. The lowest BCUT2D eigenvalue weighted by molar-refractivity contribution is -0.140. The molecule has 7 heteroatoms. The van der Waals surface area contributed by atoms with E-state index in [0.29, 0.717) is 13.0 Å². The van der Waals surface area contributed by atoms with Crippen molar-refractivity contribution in [2.24, 2.45) is 0 Å². The average Bonchev–Trinajstić information content (AvgIpc) is 2.40. The van der Waals surface area contributed by atoms with E-state index in [1.807, 2.05) is 6.92 Å². The molecule has 0 saturated carbocycles. The van der Waals surface area contributed by atoms with Gasteiger partial charge in [-0.2, -0.15) is 4.31 Å². The second-order valence-corrected chi connectivity index (χ2v) is 6.72. The van der Waals surface area contributed by atoms with Crippen molar-refractivity contribution in [2.75, 3.05) is 32.5 Å². The van der Waals surface area contributed by atoms with E-state index in [1.165, 1.54) is 7.11 Å². The number of nitrogens with zero attached hydrogens (tertiary/aromatic N) is 1. The number of nitrogens with one attached hydrogen (secondary N) is 1. The van der Waals surface area contributed by atoms with Crippen LogP contribution in [-0.2, 0) is 19.6 Å². The van der Waals surface area contributed by atoms with Gasteiger partial charge in [0.2, 0.25) is 10.0 Å². The lowest BCUT2D eigenvalue weighted by Crippen LogP contribution is -2.46. The van der Waals surface area contributed by atoms with Crippen LogP contribution in [0.5, 0.6) is 0 Å². The molecule has 1 heterocycles. The Hall–Kier alpha value is -0.660. The Bertz CT molecular complexity index is 377. The maximum Gasteiger partial charge on any atom is 0.305 e. The van der Waals surface area contributed by atoms with Crippen LogP contribution in [0.3, 0.4) is 0 Å². The molecule has 0 aromatic rings. The van der Waals surface area contributed by atoms with E-state index in [-0.39, 0.29) is 24.2 Å². The van der Waals surface area contributed by atoms with Gasteiger partial charge in [0.15, 0.2) is 0 Å². The summed E-state index contributed by atoms with van der Waals surface area (Å²) in [4.78, 5) is 11.0. The predicted octanol–water partition coefficient (Wildman–Crippen LogP) is 0.343. The Labute approximate surface area is 115 Å². The summed E-state index contributed by atoms with van der Waals surface area (Å²) < 4.78 is 30.7. The SMILES string of the molecule is CCN(C1CCNCC1)S(=O)(=O)CCCC(=O)OC. The van der Waals surface area contributed by atoms with Crippen LogP contribution in [0.4, 0.5) is 0 Å². The van der Waals surface area contributed by atoms with Crippen molar-refractivity contribution < 1.29 is 17.9 Å². The minimum absolute atomic E-state index is 0.0138. The first kappa shape index (κ1) is 16.4. The lowest BCUT2D eigenvalue weighted by Gasteiger charge is -2.32. The fourth-order valence-electron chi connectivity index (χ4n) is 2.39. The molecular formula is C12H24N2O4S.